The molecular formula is C11H9F6NO2S. The molecule has 0 fully saturated rings. The predicted molar refractivity (Wildman–Crippen MR) is 61.8 cm³/mol. The van der Waals surface area contributed by atoms with Crippen molar-refractivity contribution in [1.82, 2.24) is 4.72 Å². The predicted octanol–water partition coefficient (Wildman–Crippen LogP) is 3.19. The van der Waals surface area contributed by atoms with E-state index in [0.29, 0.717) is 0 Å². The Morgan fingerprint density at radius 1 is 1.00 bits per heavy atom. The number of sulfonamides is 1. The van der Waals surface area contributed by atoms with Gasteiger partial charge in [0.15, 0.2) is 0 Å². The summed E-state index contributed by atoms with van der Waals surface area (Å²) in [4.78, 5) is -1.12. The summed E-state index contributed by atoms with van der Waals surface area (Å²) < 4.78 is 101. The first-order valence-corrected chi connectivity index (χ1v) is 6.76. The minimum atomic E-state index is -5.11. The van der Waals surface area contributed by atoms with Gasteiger partial charge in [0.1, 0.15) is 0 Å². The molecule has 0 aromatic heterocycles. The first-order valence-electron chi connectivity index (χ1n) is 5.28. The normalized spacial score (nSPS) is 13.2. The zero-order valence-electron chi connectivity index (χ0n) is 10.2. The van der Waals surface area contributed by atoms with Crippen LogP contribution in [0.15, 0.2) is 35.7 Å². The largest absolute Gasteiger partial charge is 0.416 e. The highest BCUT2D eigenvalue weighted by atomic mass is 32.2. The van der Waals surface area contributed by atoms with Crippen LogP contribution in [-0.2, 0) is 22.4 Å². The second-order valence-electron chi connectivity index (χ2n) is 3.88. The first kappa shape index (κ1) is 17.5. The molecule has 0 aliphatic rings. The molecule has 1 N–H and O–H groups in total. The van der Waals surface area contributed by atoms with E-state index in [9.17, 15) is 34.8 Å². The van der Waals surface area contributed by atoms with Crippen LogP contribution in [0.4, 0.5) is 26.3 Å². The topological polar surface area (TPSA) is 46.2 Å². The first-order chi connectivity index (χ1) is 9.38. The molecule has 1 aromatic rings. The Labute approximate surface area is 116 Å². The van der Waals surface area contributed by atoms with Gasteiger partial charge in [0.05, 0.1) is 16.0 Å². The maximum absolute atomic E-state index is 12.6. The van der Waals surface area contributed by atoms with Gasteiger partial charge in [0.2, 0.25) is 10.0 Å². The van der Waals surface area contributed by atoms with Crippen molar-refractivity contribution in [3.63, 3.8) is 0 Å². The van der Waals surface area contributed by atoms with Crippen molar-refractivity contribution in [2.45, 2.75) is 17.2 Å². The van der Waals surface area contributed by atoms with Gasteiger partial charge in [0, 0.05) is 6.54 Å². The van der Waals surface area contributed by atoms with E-state index < -0.39 is 38.4 Å². The fourth-order valence-corrected chi connectivity index (χ4v) is 2.40. The molecule has 0 atom stereocenters. The molecule has 0 bridgehead atoms. The highest BCUT2D eigenvalue weighted by molar-refractivity contribution is 7.89. The summed E-state index contributed by atoms with van der Waals surface area (Å²) >= 11 is 0. The SMILES string of the molecule is C=CCNS(=O)(=O)c1cc(C(F)(F)F)cc(C(F)(F)F)c1. The van der Waals surface area contributed by atoms with Crippen LogP contribution in [0, 0.1) is 0 Å². The van der Waals surface area contributed by atoms with Gasteiger partial charge in [-0.25, -0.2) is 13.1 Å². The number of benzene rings is 1. The van der Waals surface area contributed by atoms with Gasteiger partial charge in [-0.1, -0.05) is 6.08 Å². The van der Waals surface area contributed by atoms with Crippen molar-refractivity contribution in [1.29, 1.82) is 0 Å². The summed E-state index contributed by atoms with van der Waals surface area (Å²) in [7, 11) is -4.51. The third kappa shape index (κ3) is 4.46. The van der Waals surface area contributed by atoms with Crippen molar-refractivity contribution >= 4 is 10.0 Å². The Hall–Kier alpha value is -1.55. The van der Waals surface area contributed by atoms with Gasteiger partial charge < -0.3 is 0 Å². The average molecular weight is 333 g/mol. The number of hydrogen-bond donors (Lipinski definition) is 1. The lowest BCUT2D eigenvalue weighted by molar-refractivity contribution is -0.143. The summed E-state index contributed by atoms with van der Waals surface area (Å²) in [5.41, 5.74) is -3.40. The smallest absolute Gasteiger partial charge is 0.207 e. The molecule has 0 aliphatic carbocycles. The van der Waals surface area contributed by atoms with Crippen LogP contribution in [0.2, 0.25) is 0 Å². The molecule has 0 heterocycles. The molecule has 0 aliphatic heterocycles. The highest BCUT2D eigenvalue weighted by Crippen LogP contribution is 2.37. The summed E-state index contributed by atoms with van der Waals surface area (Å²) in [6.45, 7) is 2.85. The van der Waals surface area contributed by atoms with E-state index in [-0.39, 0.29) is 24.7 Å². The van der Waals surface area contributed by atoms with Crippen molar-refractivity contribution in [2.24, 2.45) is 0 Å². The molecule has 0 spiro atoms. The minimum absolute atomic E-state index is 0.140. The molecule has 0 amide bonds. The molecule has 0 saturated carbocycles. The molecule has 1 aromatic carbocycles. The van der Waals surface area contributed by atoms with Crippen molar-refractivity contribution in [3.05, 3.63) is 42.0 Å². The molecule has 21 heavy (non-hydrogen) atoms. The zero-order valence-corrected chi connectivity index (χ0v) is 11.0. The van der Waals surface area contributed by atoms with Gasteiger partial charge in [-0.3, -0.25) is 0 Å². The zero-order chi connectivity index (χ0) is 16.5. The van der Waals surface area contributed by atoms with Gasteiger partial charge in [0.25, 0.3) is 0 Å². The van der Waals surface area contributed by atoms with Gasteiger partial charge in [-0.05, 0) is 18.2 Å². The fraction of sp³-hybridized carbons (Fsp3) is 0.273. The molecule has 118 valence electrons. The van der Waals surface area contributed by atoms with Crippen LogP contribution >= 0.6 is 0 Å². The quantitative estimate of drug-likeness (QED) is 0.679. The molecule has 3 nitrogen and oxygen atoms in total. The highest BCUT2D eigenvalue weighted by Gasteiger charge is 2.38. The van der Waals surface area contributed by atoms with Crippen molar-refractivity contribution < 1.29 is 34.8 Å². The van der Waals surface area contributed by atoms with Crippen LogP contribution < -0.4 is 4.72 Å². The lowest BCUT2D eigenvalue weighted by Gasteiger charge is -2.14. The number of halogens is 6. The van der Waals surface area contributed by atoms with Crippen LogP contribution in [0.3, 0.4) is 0 Å². The van der Waals surface area contributed by atoms with E-state index in [1.165, 1.54) is 0 Å². The minimum Gasteiger partial charge on any atom is -0.207 e. The second-order valence-corrected chi connectivity index (χ2v) is 5.65. The van der Waals surface area contributed by atoms with Gasteiger partial charge in [-0.15, -0.1) is 6.58 Å². The van der Waals surface area contributed by atoms with Crippen LogP contribution in [0.5, 0.6) is 0 Å². The summed E-state index contributed by atoms with van der Waals surface area (Å²) in [5.74, 6) is 0. The molecule has 10 heteroatoms. The molecule has 0 radical (unpaired) electrons. The van der Waals surface area contributed by atoms with Crippen molar-refractivity contribution in [2.75, 3.05) is 6.54 Å². The van der Waals surface area contributed by atoms with Gasteiger partial charge in [-0.2, -0.15) is 26.3 Å². The second kappa shape index (κ2) is 5.68. The Morgan fingerprint density at radius 2 is 1.43 bits per heavy atom. The summed E-state index contributed by atoms with van der Waals surface area (Å²) in [5, 5.41) is 0. The maximum atomic E-state index is 12.6. The fourth-order valence-electron chi connectivity index (χ4n) is 1.33. The Bertz CT molecular complexity index is 601. The van der Waals surface area contributed by atoms with E-state index in [0.717, 1.165) is 6.08 Å². The average Bonchev–Trinajstić information content (AvgIpc) is 2.34. The van der Waals surface area contributed by atoms with Crippen LogP contribution in [-0.4, -0.2) is 15.0 Å². The van der Waals surface area contributed by atoms with Crippen LogP contribution in [0.1, 0.15) is 11.1 Å². The van der Waals surface area contributed by atoms with E-state index in [1.54, 1.807) is 4.72 Å². The van der Waals surface area contributed by atoms with Crippen LogP contribution in [0.25, 0.3) is 0 Å². The van der Waals surface area contributed by atoms with E-state index >= 15 is 0 Å². The number of alkyl halides is 6. The third-order valence-electron chi connectivity index (χ3n) is 2.29. The van der Waals surface area contributed by atoms with E-state index in [4.69, 9.17) is 0 Å². The van der Waals surface area contributed by atoms with E-state index in [1.807, 2.05) is 0 Å². The number of nitrogens with one attached hydrogen (secondary N) is 1. The molecule has 1 rings (SSSR count). The van der Waals surface area contributed by atoms with Crippen molar-refractivity contribution in [3.8, 4) is 0 Å². The molecular weight excluding hydrogens is 324 g/mol. The third-order valence-corrected chi connectivity index (χ3v) is 3.69. The number of hydrogen-bond acceptors (Lipinski definition) is 2. The Balaban J connectivity index is 3.49. The summed E-state index contributed by atoms with van der Waals surface area (Å²) in [6.07, 6.45) is -9.12. The maximum Gasteiger partial charge on any atom is 0.416 e. The van der Waals surface area contributed by atoms with Gasteiger partial charge >= 0.3 is 12.4 Å². The Morgan fingerprint density at radius 3 is 1.76 bits per heavy atom. The summed E-state index contributed by atoms with van der Waals surface area (Å²) in [6, 6.07) is 0.133. The molecule has 0 saturated heterocycles. The number of rotatable bonds is 4. The lowest BCUT2D eigenvalue weighted by Crippen LogP contribution is -2.25. The van der Waals surface area contributed by atoms with E-state index in [2.05, 4.69) is 6.58 Å². The molecule has 0 unspecified atom stereocenters. The standard InChI is InChI=1S/C11H9F6NO2S/c1-2-3-18-21(19,20)9-5-7(10(12,13)14)4-8(6-9)11(15,16)17/h2,4-6,18H,1,3H2. The Kier molecular flexibility index (Phi) is 4.73. The monoisotopic (exact) mass is 333 g/mol. The lowest BCUT2D eigenvalue weighted by atomic mass is 10.1.